The lowest BCUT2D eigenvalue weighted by Gasteiger charge is -2.33. The molecule has 1 amide bonds. The van der Waals surface area contributed by atoms with E-state index in [2.05, 4.69) is 22.8 Å². The molecule has 220 valence electrons. The Bertz CT molecular complexity index is 1360. The number of amides is 1. The quantitative estimate of drug-likeness (QED) is 0.502. The van der Waals surface area contributed by atoms with Crippen molar-refractivity contribution in [2.75, 3.05) is 64.9 Å². The van der Waals surface area contributed by atoms with Crippen molar-refractivity contribution in [1.29, 1.82) is 0 Å². The number of rotatable bonds is 6. The minimum absolute atomic E-state index is 0.0264. The Balaban J connectivity index is 1.41. The van der Waals surface area contributed by atoms with Crippen molar-refractivity contribution in [1.82, 2.24) is 19.8 Å². The smallest absolute Gasteiger partial charge is 0.318 e. The van der Waals surface area contributed by atoms with Crippen LogP contribution in [0.25, 0.3) is 0 Å². The Hall–Kier alpha value is -2.92. The van der Waals surface area contributed by atoms with E-state index in [0.717, 1.165) is 59.2 Å². The molecule has 1 atom stereocenters. The fraction of sp³-hybridized carbons (Fsp3) is 0.517. The summed E-state index contributed by atoms with van der Waals surface area (Å²) in [4.78, 5) is 33.3. The summed E-state index contributed by atoms with van der Waals surface area (Å²) in [6.45, 7) is 6.85. The zero-order chi connectivity index (χ0) is 29.1. The lowest BCUT2D eigenvalue weighted by Crippen LogP contribution is -2.48. The van der Waals surface area contributed by atoms with E-state index in [9.17, 15) is 4.79 Å². The van der Waals surface area contributed by atoms with E-state index in [1.165, 1.54) is 0 Å². The van der Waals surface area contributed by atoms with Crippen LogP contribution in [-0.2, 0) is 29.0 Å². The van der Waals surface area contributed by atoms with Crippen molar-refractivity contribution in [3.05, 3.63) is 56.3 Å². The molecule has 1 aromatic heterocycles. The largest absolute Gasteiger partial charge is 0.467 e. The van der Waals surface area contributed by atoms with Gasteiger partial charge in [-0.1, -0.05) is 42.3 Å². The third kappa shape index (κ3) is 6.30. The van der Waals surface area contributed by atoms with Gasteiger partial charge in [0.1, 0.15) is 11.5 Å². The van der Waals surface area contributed by atoms with Crippen LogP contribution in [0.3, 0.4) is 0 Å². The summed E-state index contributed by atoms with van der Waals surface area (Å²) < 4.78 is 11.9. The fourth-order valence-corrected chi connectivity index (χ4v) is 6.08. The van der Waals surface area contributed by atoms with Gasteiger partial charge in [-0.05, 0) is 37.1 Å². The van der Waals surface area contributed by atoms with Crippen LogP contribution in [0.2, 0.25) is 5.02 Å². The van der Waals surface area contributed by atoms with Crippen LogP contribution in [0, 0.1) is 0 Å². The number of fused-ring (bicyclic) bond motifs is 1. The van der Waals surface area contributed by atoms with Gasteiger partial charge in [-0.3, -0.25) is 9.79 Å². The third-order valence-electron chi connectivity index (χ3n) is 7.94. The molecule has 12 heteroatoms. The maximum Gasteiger partial charge on any atom is 0.318 e. The fourth-order valence-electron chi connectivity index (χ4n) is 5.57. The first-order valence-electron chi connectivity index (χ1n) is 14.0. The number of benzene rings is 1. The Labute approximate surface area is 251 Å². The number of aromatic nitrogens is 2. The van der Waals surface area contributed by atoms with Gasteiger partial charge in [0.15, 0.2) is 0 Å². The summed E-state index contributed by atoms with van der Waals surface area (Å²) >= 11 is 13.3. The molecule has 0 bridgehead atoms. The van der Waals surface area contributed by atoms with Crippen LogP contribution in [-0.4, -0.2) is 91.4 Å². The summed E-state index contributed by atoms with van der Waals surface area (Å²) in [5.74, 6) is 0.463. The zero-order valence-corrected chi connectivity index (χ0v) is 25.3. The van der Waals surface area contributed by atoms with Gasteiger partial charge in [0, 0.05) is 56.3 Å². The van der Waals surface area contributed by atoms with Crippen molar-refractivity contribution in [3.63, 3.8) is 0 Å². The molecular formula is C29H37Cl2N7O3. The lowest BCUT2D eigenvalue weighted by atomic mass is 9.94. The Morgan fingerprint density at radius 1 is 1.20 bits per heavy atom. The first-order chi connectivity index (χ1) is 19.8. The zero-order valence-electron chi connectivity index (χ0n) is 23.8. The molecule has 0 spiro atoms. The molecular weight excluding hydrogens is 565 g/mol. The molecule has 4 heterocycles. The number of nitrogens with zero attached hydrogens (tertiary/aromatic N) is 6. The molecule has 5 rings (SSSR count). The van der Waals surface area contributed by atoms with E-state index in [1.54, 1.807) is 12.0 Å². The van der Waals surface area contributed by atoms with Gasteiger partial charge in [-0.2, -0.15) is 9.97 Å². The highest BCUT2D eigenvalue weighted by molar-refractivity contribution is 6.45. The molecule has 0 radical (unpaired) electrons. The molecule has 2 aromatic rings. The van der Waals surface area contributed by atoms with E-state index in [-0.39, 0.29) is 28.8 Å². The van der Waals surface area contributed by atoms with Gasteiger partial charge in [-0.25, -0.2) is 0 Å². The van der Waals surface area contributed by atoms with E-state index in [1.807, 2.05) is 19.2 Å². The minimum atomic E-state index is -0.255. The number of piperazine rings is 1. The lowest BCUT2D eigenvalue weighted by molar-refractivity contribution is -0.128. The summed E-state index contributed by atoms with van der Waals surface area (Å²) in [7, 11) is 3.60. The number of halogens is 2. The van der Waals surface area contributed by atoms with Crippen molar-refractivity contribution >= 4 is 40.6 Å². The molecule has 41 heavy (non-hydrogen) atoms. The second kappa shape index (κ2) is 12.9. The Morgan fingerprint density at radius 2 is 1.98 bits per heavy atom. The van der Waals surface area contributed by atoms with Crippen molar-refractivity contribution < 1.29 is 14.3 Å². The normalized spacial score (nSPS) is 20.6. The van der Waals surface area contributed by atoms with Gasteiger partial charge in [0.05, 0.1) is 42.8 Å². The van der Waals surface area contributed by atoms with Gasteiger partial charge in [0.25, 0.3) is 5.91 Å². The van der Waals surface area contributed by atoms with Crippen molar-refractivity contribution in [2.45, 2.75) is 38.9 Å². The number of nitrogens with two attached hydrogens (primary N) is 1. The number of carbonyl (C=O) groups excluding carboxylic acids is 1. The second-order valence-corrected chi connectivity index (χ2v) is 11.3. The first kappa shape index (κ1) is 29.6. The van der Waals surface area contributed by atoms with Crippen LogP contribution in [0.4, 0.5) is 5.82 Å². The molecule has 0 aliphatic carbocycles. The molecule has 1 aromatic carbocycles. The van der Waals surface area contributed by atoms with E-state index < -0.39 is 0 Å². The number of anilines is 1. The molecule has 2 N–H and O–H groups in total. The molecule has 1 unspecified atom stereocenters. The maximum absolute atomic E-state index is 13.1. The van der Waals surface area contributed by atoms with Crippen molar-refractivity contribution in [3.8, 4) is 6.01 Å². The average Bonchev–Trinajstić information content (AvgIpc) is 3.25. The highest BCUT2D eigenvalue weighted by atomic mass is 35.5. The number of hydrogen-bond acceptors (Lipinski definition) is 9. The summed E-state index contributed by atoms with van der Waals surface area (Å²) in [6, 6.07) is 6.22. The predicted molar refractivity (Wildman–Crippen MR) is 161 cm³/mol. The number of hydrogen-bond donors (Lipinski definition) is 1. The van der Waals surface area contributed by atoms with Crippen LogP contribution < -0.4 is 15.4 Å². The molecule has 0 saturated carbocycles. The molecule has 3 aliphatic heterocycles. The van der Waals surface area contributed by atoms with Gasteiger partial charge in [0.2, 0.25) is 0 Å². The number of carbonyl (C=O) groups is 1. The Morgan fingerprint density at radius 3 is 2.71 bits per heavy atom. The van der Waals surface area contributed by atoms with Gasteiger partial charge in [-0.15, -0.1) is 0 Å². The number of likely N-dealkylation sites (N-methyl/N-ethyl adjacent to an activating group) is 1. The second-order valence-electron chi connectivity index (χ2n) is 10.6. The van der Waals surface area contributed by atoms with Crippen molar-refractivity contribution in [2.24, 2.45) is 10.7 Å². The number of ether oxygens (including phenoxy) is 2. The van der Waals surface area contributed by atoms with Crippen LogP contribution in [0.5, 0.6) is 6.01 Å². The maximum atomic E-state index is 13.1. The SMILES string of the molecule is CCc1c(Cl)cccc1C1Cc2nc(OC)nc(N3CCCN=C(/C(Cl)=C(\N)C(=O)N4CCN(C)CC4)C3)c2CO1. The highest BCUT2D eigenvalue weighted by Gasteiger charge is 2.31. The van der Waals surface area contributed by atoms with Crippen LogP contribution in [0.15, 0.2) is 33.9 Å². The number of methoxy groups -OCH3 is 1. The summed E-state index contributed by atoms with van der Waals surface area (Å²) in [6.07, 6.45) is 1.98. The first-order valence-corrected chi connectivity index (χ1v) is 14.8. The van der Waals surface area contributed by atoms with E-state index >= 15 is 0 Å². The van der Waals surface area contributed by atoms with Crippen LogP contribution >= 0.6 is 23.2 Å². The predicted octanol–water partition coefficient (Wildman–Crippen LogP) is 3.35. The third-order valence-corrected chi connectivity index (χ3v) is 8.71. The highest BCUT2D eigenvalue weighted by Crippen LogP contribution is 2.38. The van der Waals surface area contributed by atoms with E-state index in [0.29, 0.717) is 51.5 Å². The Kier molecular flexibility index (Phi) is 9.33. The number of aliphatic imine (C=N–C) groups is 1. The van der Waals surface area contributed by atoms with Gasteiger partial charge >= 0.3 is 6.01 Å². The molecule has 1 saturated heterocycles. The topological polar surface area (TPSA) is 109 Å². The standard InChI is InChI=1S/C29H37Cl2N7O3/c1-4-18-19(7-5-8-21(18)30)24-15-22-20(17-41-24)27(35-29(34-22)40-3)38-10-6-9-33-23(16-38)25(31)26(32)28(39)37-13-11-36(2)12-14-37/h5,7-8,24H,4,6,9-17,32H2,1-3H3/b26-25+. The summed E-state index contributed by atoms with van der Waals surface area (Å²) in [5.41, 5.74) is 10.9. The van der Waals surface area contributed by atoms with E-state index in [4.69, 9.17) is 53.4 Å². The molecule has 3 aliphatic rings. The van der Waals surface area contributed by atoms with Crippen LogP contribution in [0.1, 0.15) is 41.8 Å². The average molecular weight is 603 g/mol. The monoisotopic (exact) mass is 601 g/mol. The minimum Gasteiger partial charge on any atom is -0.467 e. The van der Waals surface area contributed by atoms with Gasteiger partial charge < -0.3 is 29.9 Å². The molecule has 10 nitrogen and oxygen atoms in total. The molecule has 1 fully saturated rings. The summed E-state index contributed by atoms with van der Waals surface area (Å²) in [5, 5.41) is 0.937.